The second-order valence-corrected chi connectivity index (χ2v) is 6.50. The summed E-state index contributed by atoms with van der Waals surface area (Å²) in [5.74, 6) is 0.698. The standard InChI is InChI=1S/C22H19N3O3/c1-13-10-14(12-15(11-13)24-22(26)27)23-20-16-6-3-4-8-18(16)25-21-17(20)7-5-9-19(21)28-2/h3-12,24H,1-2H3,(H,23,25)(H,26,27). The molecule has 28 heavy (non-hydrogen) atoms. The summed E-state index contributed by atoms with van der Waals surface area (Å²) in [7, 11) is 1.63. The summed E-state index contributed by atoms with van der Waals surface area (Å²) < 4.78 is 5.50. The third-order valence-corrected chi connectivity index (χ3v) is 4.49. The number of para-hydroxylation sites is 2. The lowest BCUT2D eigenvalue weighted by atomic mass is 10.1. The van der Waals surface area contributed by atoms with Crippen molar-refractivity contribution in [2.75, 3.05) is 17.7 Å². The molecule has 0 unspecified atom stereocenters. The fourth-order valence-electron chi connectivity index (χ4n) is 3.38. The van der Waals surface area contributed by atoms with Crippen molar-refractivity contribution in [1.82, 2.24) is 4.98 Å². The molecule has 0 bridgehead atoms. The van der Waals surface area contributed by atoms with Crippen LogP contribution in [0.15, 0.2) is 60.7 Å². The van der Waals surface area contributed by atoms with Gasteiger partial charge in [-0.1, -0.05) is 30.3 Å². The van der Waals surface area contributed by atoms with E-state index in [1.165, 1.54) is 0 Å². The van der Waals surface area contributed by atoms with E-state index in [-0.39, 0.29) is 0 Å². The molecule has 1 amide bonds. The van der Waals surface area contributed by atoms with Gasteiger partial charge in [-0.15, -0.1) is 0 Å². The number of methoxy groups -OCH3 is 1. The number of rotatable bonds is 4. The second-order valence-electron chi connectivity index (χ2n) is 6.50. The summed E-state index contributed by atoms with van der Waals surface area (Å²) >= 11 is 0. The van der Waals surface area contributed by atoms with E-state index in [1.807, 2.05) is 55.5 Å². The lowest BCUT2D eigenvalue weighted by Gasteiger charge is -2.16. The smallest absolute Gasteiger partial charge is 0.409 e. The number of carbonyl (C=O) groups is 1. The molecule has 0 saturated carbocycles. The summed E-state index contributed by atoms with van der Waals surface area (Å²) in [6.45, 7) is 1.92. The highest BCUT2D eigenvalue weighted by molar-refractivity contribution is 6.10. The number of pyridine rings is 1. The normalized spacial score (nSPS) is 10.8. The predicted molar refractivity (Wildman–Crippen MR) is 112 cm³/mol. The first-order valence-corrected chi connectivity index (χ1v) is 8.79. The molecule has 4 aromatic rings. The van der Waals surface area contributed by atoms with Gasteiger partial charge < -0.3 is 15.2 Å². The van der Waals surface area contributed by atoms with Crippen LogP contribution >= 0.6 is 0 Å². The molecule has 6 nitrogen and oxygen atoms in total. The Morgan fingerprint density at radius 2 is 1.75 bits per heavy atom. The molecule has 1 aromatic heterocycles. The third-order valence-electron chi connectivity index (χ3n) is 4.49. The first-order valence-electron chi connectivity index (χ1n) is 8.79. The fraction of sp³-hybridized carbons (Fsp3) is 0.0909. The summed E-state index contributed by atoms with van der Waals surface area (Å²) in [6.07, 6.45) is -1.10. The van der Waals surface area contributed by atoms with Gasteiger partial charge in [0.25, 0.3) is 0 Å². The fourth-order valence-corrected chi connectivity index (χ4v) is 3.38. The molecule has 0 fully saturated rings. The number of aryl methyl sites for hydroxylation is 1. The van der Waals surface area contributed by atoms with E-state index in [9.17, 15) is 4.79 Å². The van der Waals surface area contributed by atoms with Crippen LogP contribution < -0.4 is 15.4 Å². The zero-order chi connectivity index (χ0) is 19.7. The van der Waals surface area contributed by atoms with Crippen LogP contribution in [0.4, 0.5) is 21.9 Å². The second kappa shape index (κ2) is 7.08. The molecular weight excluding hydrogens is 354 g/mol. The van der Waals surface area contributed by atoms with Crippen molar-refractivity contribution in [1.29, 1.82) is 0 Å². The maximum absolute atomic E-state index is 11.0. The van der Waals surface area contributed by atoms with E-state index in [2.05, 4.69) is 10.6 Å². The number of fused-ring (bicyclic) bond motifs is 2. The lowest BCUT2D eigenvalue weighted by molar-refractivity contribution is 0.210. The molecule has 0 aliphatic carbocycles. The number of aromatic nitrogens is 1. The Bertz CT molecular complexity index is 1200. The van der Waals surface area contributed by atoms with Crippen molar-refractivity contribution < 1.29 is 14.6 Å². The number of carboxylic acid groups (broad SMARTS) is 1. The number of benzene rings is 3. The topological polar surface area (TPSA) is 83.5 Å². The van der Waals surface area contributed by atoms with Crippen molar-refractivity contribution in [3.05, 3.63) is 66.2 Å². The van der Waals surface area contributed by atoms with E-state index in [0.717, 1.165) is 38.7 Å². The van der Waals surface area contributed by atoms with Crippen LogP contribution in [0.2, 0.25) is 0 Å². The Balaban J connectivity index is 1.92. The van der Waals surface area contributed by atoms with Crippen LogP contribution in [0.25, 0.3) is 21.8 Å². The Hall–Kier alpha value is -3.80. The summed E-state index contributed by atoms with van der Waals surface area (Å²) in [4.78, 5) is 15.8. The van der Waals surface area contributed by atoms with E-state index >= 15 is 0 Å². The van der Waals surface area contributed by atoms with Crippen molar-refractivity contribution in [3.8, 4) is 5.75 Å². The first kappa shape index (κ1) is 17.6. The molecule has 3 N–H and O–H groups in total. The number of nitrogens with one attached hydrogen (secondary N) is 2. The molecule has 3 aromatic carbocycles. The highest BCUT2D eigenvalue weighted by atomic mass is 16.5. The van der Waals surface area contributed by atoms with Crippen LogP contribution in [0.1, 0.15) is 5.56 Å². The molecule has 140 valence electrons. The molecule has 0 atom stereocenters. The van der Waals surface area contributed by atoms with E-state index in [4.69, 9.17) is 14.8 Å². The van der Waals surface area contributed by atoms with E-state index in [0.29, 0.717) is 11.4 Å². The molecule has 0 spiro atoms. The molecule has 0 saturated heterocycles. The molecule has 0 aliphatic rings. The van der Waals surface area contributed by atoms with Gasteiger partial charge in [0.15, 0.2) is 0 Å². The average Bonchev–Trinajstić information content (AvgIpc) is 2.66. The Labute approximate surface area is 161 Å². The highest BCUT2D eigenvalue weighted by Crippen LogP contribution is 2.37. The number of ether oxygens (including phenoxy) is 1. The van der Waals surface area contributed by atoms with Crippen LogP contribution in [-0.4, -0.2) is 23.3 Å². The Morgan fingerprint density at radius 3 is 2.54 bits per heavy atom. The SMILES string of the molecule is COc1cccc2c(Nc3cc(C)cc(NC(=O)O)c3)c3ccccc3nc12. The van der Waals surface area contributed by atoms with Crippen LogP contribution in [0.3, 0.4) is 0 Å². The van der Waals surface area contributed by atoms with Gasteiger partial charge in [0, 0.05) is 22.1 Å². The van der Waals surface area contributed by atoms with Gasteiger partial charge in [0.05, 0.1) is 18.3 Å². The minimum Gasteiger partial charge on any atom is -0.494 e. The third kappa shape index (κ3) is 3.27. The van der Waals surface area contributed by atoms with Crippen molar-refractivity contribution in [3.63, 3.8) is 0 Å². The van der Waals surface area contributed by atoms with Crippen molar-refractivity contribution in [2.24, 2.45) is 0 Å². The van der Waals surface area contributed by atoms with Gasteiger partial charge in [0.2, 0.25) is 0 Å². The van der Waals surface area contributed by atoms with Gasteiger partial charge in [0.1, 0.15) is 11.3 Å². The van der Waals surface area contributed by atoms with Gasteiger partial charge >= 0.3 is 6.09 Å². The molecule has 1 heterocycles. The van der Waals surface area contributed by atoms with Gasteiger partial charge in [-0.05, 0) is 42.8 Å². The van der Waals surface area contributed by atoms with E-state index < -0.39 is 6.09 Å². The van der Waals surface area contributed by atoms with Crippen LogP contribution in [-0.2, 0) is 0 Å². The lowest BCUT2D eigenvalue weighted by Crippen LogP contribution is -2.07. The first-order chi connectivity index (χ1) is 13.5. The van der Waals surface area contributed by atoms with Crippen molar-refractivity contribution >= 4 is 45.0 Å². The van der Waals surface area contributed by atoms with Crippen LogP contribution in [0.5, 0.6) is 5.75 Å². The number of hydrogen-bond donors (Lipinski definition) is 3. The molecular formula is C22H19N3O3. The number of hydrogen-bond acceptors (Lipinski definition) is 4. The monoisotopic (exact) mass is 373 g/mol. The Morgan fingerprint density at radius 1 is 1.00 bits per heavy atom. The maximum Gasteiger partial charge on any atom is 0.409 e. The van der Waals surface area contributed by atoms with Gasteiger partial charge in [-0.2, -0.15) is 0 Å². The average molecular weight is 373 g/mol. The van der Waals surface area contributed by atoms with Crippen LogP contribution in [0, 0.1) is 6.92 Å². The quantitative estimate of drug-likeness (QED) is 0.409. The summed E-state index contributed by atoms with van der Waals surface area (Å²) in [5, 5.41) is 16.8. The van der Waals surface area contributed by atoms with Gasteiger partial charge in [-0.3, -0.25) is 5.32 Å². The van der Waals surface area contributed by atoms with Crippen molar-refractivity contribution in [2.45, 2.75) is 6.92 Å². The molecule has 0 radical (unpaired) electrons. The number of anilines is 3. The minimum atomic E-state index is -1.10. The maximum atomic E-state index is 11.0. The predicted octanol–water partition coefficient (Wildman–Crippen LogP) is 5.54. The summed E-state index contributed by atoms with van der Waals surface area (Å²) in [5.41, 5.74) is 4.74. The molecule has 4 rings (SSSR count). The van der Waals surface area contributed by atoms with Gasteiger partial charge in [-0.25, -0.2) is 9.78 Å². The largest absolute Gasteiger partial charge is 0.494 e. The zero-order valence-electron chi connectivity index (χ0n) is 15.5. The number of amides is 1. The molecule has 0 aliphatic heterocycles. The molecule has 6 heteroatoms. The summed E-state index contributed by atoms with van der Waals surface area (Å²) in [6, 6.07) is 19.2. The highest BCUT2D eigenvalue weighted by Gasteiger charge is 2.13. The van der Waals surface area contributed by atoms with E-state index in [1.54, 1.807) is 19.2 Å². The number of nitrogens with zero attached hydrogens (tertiary/aromatic N) is 1. The zero-order valence-corrected chi connectivity index (χ0v) is 15.5. The Kier molecular flexibility index (Phi) is 4.45. The minimum absolute atomic E-state index is 0.509.